The van der Waals surface area contributed by atoms with Crippen molar-refractivity contribution in [3.05, 3.63) is 214 Å². The molecule has 7 rings (SSSR count). The summed E-state index contributed by atoms with van der Waals surface area (Å²) in [5.41, 5.74) is 8.60. The highest BCUT2D eigenvalue weighted by Gasteiger charge is 2.37. The van der Waals surface area contributed by atoms with E-state index >= 15 is 0 Å². The fourth-order valence-corrected chi connectivity index (χ4v) is 15.1. The molecule has 0 spiro atoms. The van der Waals surface area contributed by atoms with E-state index < -0.39 is 48.5 Å². The molecule has 0 aromatic heterocycles. The van der Waals surface area contributed by atoms with Gasteiger partial charge in [0.2, 0.25) is 17.5 Å². The summed E-state index contributed by atoms with van der Waals surface area (Å²) in [5, 5.41) is 59.7. The van der Waals surface area contributed by atoms with Gasteiger partial charge in [-0.3, -0.25) is 72.0 Å². The molecule has 2 aromatic carbocycles. The van der Waals surface area contributed by atoms with Gasteiger partial charge < -0.3 is 45.0 Å². The van der Waals surface area contributed by atoms with Crippen LogP contribution in [0.15, 0.2) is 191 Å². The highest BCUT2D eigenvalue weighted by atomic mass is 16.7. The van der Waals surface area contributed by atoms with E-state index in [4.69, 9.17) is 19.4 Å². The van der Waals surface area contributed by atoms with E-state index in [1.165, 1.54) is 104 Å². The van der Waals surface area contributed by atoms with Gasteiger partial charge in [-0.05, 0) is 156 Å². The minimum atomic E-state index is -1.80. The SMILES string of the molecule is C=CC1=C(O)c2ccccc2C(=O)C1=O.CCCCC(=CC1=C(C)C(=O)c2ccccc2C1=O)C(=O)COC.CCCCCCCCCC(=CC1=C(C)C(=O)C(C)=C(C)C1=O)C(=O)COC.CCCCCCCCCC(=CC1=C(C)C(=O)C(C)=C(C)C1=O)C(=O)N(C)C[C@H](O)[C@@H](O)[C@H](O)[C@H](O)CO.CCCCCCCCCC(=CC1=C(C)C(=O)C(C)=C(C)C1=O)C(=O)N(C)OC. The molecule has 0 radical (unpaired) electrons. The van der Waals surface area contributed by atoms with Gasteiger partial charge in [-0.2, -0.15) is 0 Å². The molecule has 2 aromatic rings. The Balaban J connectivity index is 0.000000431. The number of ether oxygens (including phenoxy) is 2. The number of carbonyl (C=O) groups excluding carboxylic acids is 14. The number of benzene rings is 2. The van der Waals surface area contributed by atoms with Gasteiger partial charge in [0.25, 0.3) is 5.91 Å². The van der Waals surface area contributed by atoms with Crippen LogP contribution in [0, 0.1) is 0 Å². The maximum Gasteiger partial charge on any atom is 0.273 e. The second-order valence-electron chi connectivity index (χ2n) is 33.8. The Kier molecular flexibility index (Phi) is 51.8. The van der Waals surface area contributed by atoms with Gasteiger partial charge >= 0.3 is 0 Å². The Bertz CT molecular complexity index is 4910. The molecule has 0 bridgehead atoms. The molecule has 0 heterocycles. The normalized spacial score (nSPS) is 16.2. The van der Waals surface area contributed by atoms with Crippen molar-refractivity contribution in [2.75, 3.05) is 61.8 Å². The number of unbranched alkanes of at least 4 members (excludes halogenated alkanes) is 19. The second kappa shape index (κ2) is 59.1. The van der Waals surface area contributed by atoms with E-state index in [1.807, 2.05) is 6.92 Å². The van der Waals surface area contributed by atoms with Crippen LogP contribution in [0.2, 0.25) is 0 Å². The zero-order valence-electron chi connectivity index (χ0n) is 81.0. The Hall–Kier alpha value is -10.5. The smallest absolute Gasteiger partial charge is 0.273 e. The van der Waals surface area contributed by atoms with Crippen LogP contribution in [0.25, 0.3) is 5.76 Å². The van der Waals surface area contributed by atoms with Crippen LogP contribution in [-0.4, -0.2) is 208 Å². The average molecular weight is 1810 g/mol. The number of methoxy groups -OCH3 is 2. The number of hydrogen-bond donors (Lipinski definition) is 6. The van der Waals surface area contributed by atoms with Gasteiger partial charge in [-0.15, -0.1) is 0 Å². The number of Topliss-reactive ketones (excluding diaryl/α,β-unsaturated/α-hetero) is 12. The standard InChI is InChI=1S/C28H45NO8.C23H35NO4.C23H34O4.C20H22O4.C12H8O3/c1-6-7-8-9-10-11-12-13-20(14-21-19(4)24(33)17(2)18(3)25(21)34)28(37)29(5)15-22(31)26(35)27(36)23(32)16-30;1-7-8-9-10-11-12-13-14-19(23(27)24(5)28-6)15-20-18(4)21(25)16(2)17(3)22(20)26;1-6-7-8-9-10-11-12-13-19(21(24)15-27-5)14-20-18(4)22(25)16(2)17(3)23(20)26;1-4-5-8-14(18(21)12-24-3)11-17-13(2)19(22)15-9-6-7-10-16(15)20(17)23;1-2-7-10(13)8-5-3-4-6-9(8)12(15)11(7)14/h14,22-23,26-27,30-32,35-36H,6-13,15-16H2,1-5H3;15H,7-14H2,1-6H3;14H,6-13,15H2,1-5H3;6-7,9-11H,4-5,8,12H2,1-3H3;2-6,13H,1H2/t22-,23+,26+,27+;;;;/m0..../s1. The lowest BCUT2D eigenvalue weighted by molar-refractivity contribution is -0.164. The van der Waals surface area contributed by atoms with Crippen molar-refractivity contribution < 1.29 is 112 Å². The Morgan fingerprint density at radius 2 is 0.641 bits per heavy atom. The van der Waals surface area contributed by atoms with Gasteiger partial charge in [0.05, 0.1) is 19.3 Å². The zero-order chi connectivity index (χ0) is 98.6. The number of amides is 2. The van der Waals surface area contributed by atoms with E-state index in [1.54, 1.807) is 137 Å². The first-order chi connectivity index (χ1) is 62.2. The molecule has 4 atom stereocenters. The molecule has 0 unspecified atom stereocenters. The lowest BCUT2D eigenvalue weighted by Gasteiger charge is -2.29. The van der Waals surface area contributed by atoms with E-state index in [9.17, 15) is 92.7 Å². The van der Waals surface area contributed by atoms with Gasteiger partial charge in [-0.25, -0.2) is 5.06 Å². The lowest BCUT2D eigenvalue weighted by atomic mass is 9.83. The van der Waals surface area contributed by atoms with Crippen LogP contribution in [0.5, 0.6) is 0 Å². The van der Waals surface area contributed by atoms with Crippen LogP contribution >= 0.6 is 0 Å². The first-order valence-electron chi connectivity index (χ1n) is 46.0. The van der Waals surface area contributed by atoms with Crippen molar-refractivity contribution in [1.82, 2.24) is 9.96 Å². The molecule has 716 valence electrons. The molecule has 0 saturated carbocycles. The van der Waals surface area contributed by atoms with Gasteiger partial charge in [-0.1, -0.05) is 211 Å². The Morgan fingerprint density at radius 3 is 0.992 bits per heavy atom. The van der Waals surface area contributed by atoms with Crippen molar-refractivity contribution >= 4 is 87.0 Å². The molecule has 131 heavy (non-hydrogen) atoms. The minimum Gasteiger partial charge on any atom is -0.507 e. The number of rotatable bonds is 47. The lowest BCUT2D eigenvalue weighted by Crippen LogP contribution is -2.50. The van der Waals surface area contributed by atoms with E-state index in [-0.39, 0.29) is 112 Å². The van der Waals surface area contributed by atoms with Crippen molar-refractivity contribution in [3.63, 3.8) is 0 Å². The summed E-state index contributed by atoms with van der Waals surface area (Å²) in [4.78, 5) is 181. The Labute approximate surface area is 775 Å². The molecule has 5 aliphatic carbocycles. The maximum absolute atomic E-state index is 13.4. The maximum atomic E-state index is 13.4. The fraction of sp³-hybridized carbons (Fsp3) is 0.509. The predicted molar refractivity (Wildman–Crippen MR) is 509 cm³/mol. The number of nitrogens with zero attached hydrogens (tertiary/aromatic N) is 2. The highest BCUT2D eigenvalue weighted by Crippen LogP contribution is 2.34. The summed E-state index contributed by atoms with van der Waals surface area (Å²) in [6, 6.07) is 13.2. The van der Waals surface area contributed by atoms with E-state index in [0.717, 1.165) is 93.4 Å². The number of carbonyl (C=O) groups is 14. The average Bonchev–Trinajstić information content (AvgIpc) is 0.811. The quantitative estimate of drug-likeness (QED) is 0.0118. The van der Waals surface area contributed by atoms with E-state index in [2.05, 4.69) is 27.4 Å². The molecule has 6 N–H and O–H groups in total. The van der Waals surface area contributed by atoms with Crippen molar-refractivity contribution in [1.29, 1.82) is 0 Å². The highest BCUT2D eigenvalue weighted by molar-refractivity contribution is 6.53. The molecular formula is C106H144N2O23. The minimum absolute atomic E-state index is 0.00928. The number of fused-ring (bicyclic) bond motifs is 2. The van der Waals surface area contributed by atoms with E-state index in [0.29, 0.717) is 138 Å². The van der Waals surface area contributed by atoms with Gasteiger partial charge in [0.15, 0.2) is 57.8 Å². The molecule has 5 aliphatic rings. The monoisotopic (exact) mass is 1810 g/mol. The van der Waals surface area contributed by atoms with Gasteiger partial charge in [0.1, 0.15) is 43.4 Å². The molecule has 0 aliphatic heterocycles. The summed E-state index contributed by atoms with van der Waals surface area (Å²) < 4.78 is 9.92. The molecule has 0 saturated heterocycles. The number of ketones is 12. The molecule has 2 amide bonds. The number of aliphatic hydroxyl groups is 6. The molecule has 25 heteroatoms. The number of likely N-dealkylation sites (N-methyl/N-ethyl adjacent to an activating group) is 2. The van der Waals surface area contributed by atoms with Crippen LogP contribution in [0.4, 0.5) is 0 Å². The van der Waals surface area contributed by atoms with Crippen LogP contribution in [0.3, 0.4) is 0 Å². The largest absolute Gasteiger partial charge is 0.507 e. The molecular weight excluding hydrogens is 1670 g/mol. The third kappa shape index (κ3) is 33.3. The van der Waals surface area contributed by atoms with Crippen molar-refractivity contribution in [2.24, 2.45) is 0 Å². The van der Waals surface area contributed by atoms with Crippen LogP contribution < -0.4 is 0 Å². The third-order valence-corrected chi connectivity index (χ3v) is 24.2. The van der Waals surface area contributed by atoms with Crippen molar-refractivity contribution in [3.8, 4) is 0 Å². The molecule has 0 fully saturated rings. The number of hydroxylamine groups is 2. The first kappa shape index (κ1) is 115. The number of aliphatic hydroxyl groups excluding tert-OH is 6. The zero-order valence-corrected chi connectivity index (χ0v) is 81.0. The topological polar surface area (TPSA) is 395 Å². The summed E-state index contributed by atoms with van der Waals surface area (Å²) in [5.74, 6) is -4.02. The summed E-state index contributed by atoms with van der Waals surface area (Å²) in [6.07, 6.45) is 27.8. The summed E-state index contributed by atoms with van der Waals surface area (Å²) in [7, 11) is 7.34. The summed E-state index contributed by atoms with van der Waals surface area (Å²) >= 11 is 0. The van der Waals surface area contributed by atoms with Crippen LogP contribution in [0.1, 0.15) is 307 Å². The first-order valence-corrected chi connectivity index (χ1v) is 46.0. The van der Waals surface area contributed by atoms with Crippen LogP contribution in [-0.2, 0) is 67.1 Å². The predicted octanol–water partition coefficient (Wildman–Crippen LogP) is 17.3. The summed E-state index contributed by atoms with van der Waals surface area (Å²) in [6.45, 7) is 27.2. The fourth-order valence-electron chi connectivity index (χ4n) is 15.1. The van der Waals surface area contributed by atoms with Gasteiger partial charge in [0, 0.05) is 146 Å². The number of allylic oxidation sites excluding steroid dienone is 20. The number of hydrogen-bond acceptors (Lipinski definition) is 23. The second-order valence-corrected chi connectivity index (χ2v) is 33.8. The Morgan fingerprint density at radius 1 is 0.351 bits per heavy atom. The third-order valence-electron chi connectivity index (χ3n) is 24.2. The van der Waals surface area contributed by atoms with Crippen molar-refractivity contribution in [2.45, 2.75) is 295 Å². The molecule has 25 nitrogen and oxygen atoms in total.